The second kappa shape index (κ2) is 12.3. The van der Waals surface area contributed by atoms with Crippen molar-refractivity contribution in [2.45, 2.75) is 6.92 Å². The van der Waals surface area contributed by atoms with Crippen LogP contribution in [-0.4, -0.2) is 48.7 Å². The lowest BCUT2D eigenvalue weighted by Gasteiger charge is -2.37. The maximum absolute atomic E-state index is 14.2. The molecule has 1 saturated heterocycles. The van der Waals surface area contributed by atoms with Crippen LogP contribution in [0.15, 0.2) is 42.5 Å². The highest BCUT2D eigenvalue weighted by Gasteiger charge is 2.31. The van der Waals surface area contributed by atoms with E-state index in [0.29, 0.717) is 5.69 Å². The number of anilines is 3. The molecule has 9 nitrogen and oxygen atoms in total. The van der Waals surface area contributed by atoms with Gasteiger partial charge in [0.05, 0.1) is 11.5 Å². The molecular weight excluding hydrogens is 573 g/mol. The zero-order valence-corrected chi connectivity index (χ0v) is 22.2. The second-order valence-electron chi connectivity index (χ2n) is 8.72. The molecule has 41 heavy (non-hydrogen) atoms. The molecule has 0 saturated carbocycles. The highest BCUT2D eigenvalue weighted by molar-refractivity contribution is 7.80. The van der Waals surface area contributed by atoms with E-state index in [-0.39, 0.29) is 54.9 Å². The number of carbonyl (C=O) groups excluding carboxylic acids is 1. The number of benzene rings is 3. The molecule has 1 fully saturated rings. The fourth-order valence-corrected chi connectivity index (χ4v) is 4.44. The number of nitrogens with one attached hydrogen (secondary N) is 2. The van der Waals surface area contributed by atoms with Crippen molar-refractivity contribution < 1.29 is 36.4 Å². The minimum atomic E-state index is -2.20. The molecule has 4 rings (SSSR count). The first-order chi connectivity index (χ1) is 19.5. The lowest BCUT2D eigenvalue weighted by atomic mass is 10.1. The number of amides is 1. The zero-order chi connectivity index (χ0) is 29.8. The van der Waals surface area contributed by atoms with Crippen molar-refractivity contribution in [1.82, 2.24) is 5.32 Å². The van der Waals surface area contributed by atoms with Crippen LogP contribution in [-0.2, 0) is 0 Å². The number of rotatable bonds is 7. The van der Waals surface area contributed by atoms with E-state index in [0.717, 1.165) is 16.7 Å². The van der Waals surface area contributed by atoms with Crippen LogP contribution in [0.25, 0.3) is 0 Å². The monoisotopic (exact) mass is 595 g/mol. The molecule has 0 atom stereocenters. The van der Waals surface area contributed by atoms with Crippen LogP contribution in [0.2, 0.25) is 0 Å². The van der Waals surface area contributed by atoms with Gasteiger partial charge < -0.3 is 19.9 Å². The third-order valence-corrected chi connectivity index (χ3v) is 6.42. The lowest BCUT2D eigenvalue weighted by Crippen LogP contribution is -2.47. The van der Waals surface area contributed by atoms with Gasteiger partial charge >= 0.3 is 5.69 Å². The molecule has 0 unspecified atom stereocenters. The van der Waals surface area contributed by atoms with Crippen LogP contribution in [0.5, 0.6) is 5.75 Å². The van der Waals surface area contributed by atoms with E-state index in [4.69, 9.17) is 17.0 Å². The Bertz CT molecular complexity index is 1470. The summed E-state index contributed by atoms with van der Waals surface area (Å²) in [5, 5.41) is 16.5. The Balaban J connectivity index is 1.35. The predicted octanol–water partition coefficient (Wildman–Crippen LogP) is 5.14. The van der Waals surface area contributed by atoms with Crippen LogP contribution < -0.4 is 25.2 Å². The van der Waals surface area contributed by atoms with Gasteiger partial charge in [-0.3, -0.25) is 20.2 Å². The van der Waals surface area contributed by atoms with Crippen molar-refractivity contribution in [2.24, 2.45) is 0 Å². The third kappa shape index (κ3) is 6.29. The minimum absolute atomic E-state index is 0.00432. The van der Waals surface area contributed by atoms with Gasteiger partial charge in [0.1, 0.15) is 5.69 Å². The van der Waals surface area contributed by atoms with Crippen molar-refractivity contribution in [1.29, 1.82) is 0 Å². The minimum Gasteiger partial charge on any atom is -0.487 e. The molecule has 0 aliphatic carbocycles. The second-order valence-corrected chi connectivity index (χ2v) is 9.13. The Labute approximate surface area is 235 Å². The van der Waals surface area contributed by atoms with Gasteiger partial charge in [-0.05, 0) is 55.5 Å². The number of nitrogens with zero attached hydrogens (tertiary/aromatic N) is 3. The van der Waals surface area contributed by atoms with E-state index in [1.165, 1.54) is 12.1 Å². The van der Waals surface area contributed by atoms with E-state index < -0.39 is 45.6 Å². The SMILES string of the molecule is CCOc1ccc(C(=O)NC(=S)Nc2ccc(N3CCN(c4c(F)c(F)c(F)c(F)c4F)CC3)cc2)cc1[N+](=O)[O-]. The van der Waals surface area contributed by atoms with Gasteiger partial charge in [-0.2, -0.15) is 0 Å². The number of hydrogen-bond donors (Lipinski definition) is 2. The Hall–Kier alpha value is -4.53. The fourth-order valence-electron chi connectivity index (χ4n) is 4.23. The van der Waals surface area contributed by atoms with Gasteiger partial charge in [-0.25, -0.2) is 22.0 Å². The topological polar surface area (TPSA) is 100.0 Å². The molecule has 3 aromatic rings. The van der Waals surface area contributed by atoms with Crippen LogP contribution in [0, 0.1) is 39.2 Å². The highest BCUT2D eigenvalue weighted by Crippen LogP contribution is 2.32. The lowest BCUT2D eigenvalue weighted by molar-refractivity contribution is -0.385. The molecule has 0 bridgehead atoms. The van der Waals surface area contributed by atoms with Gasteiger partial charge in [0, 0.05) is 49.2 Å². The average molecular weight is 596 g/mol. The standard InChI is InChI=1S/C26H22F5N5O4S/c1-2-40-18-8-3-14(13-17(18)36(38)39)25(37)33-26(41)32-15-4-6-16(7-5-15)34-9-11-35(12-10-34)24-22(30)20(28)19(27)21(29)23(24)31/h3-8,13H,2,9-12H2,1H3,(H2,32,33,37,41). The van der Waals surface area contributed by atoms with E-state index in [1.807, 2.05) is 4.90 Å². The quantitative estimate of drug-likeness (QED) is 0.0968. The van der Waals surface area contributed by atoms with Crippen molar-refractivity contribution in [3.8, 4) is 5.75 Å². The van der Waals surface area contributed by atoms with Crippen molar-refractivity contribution in [2.75, 3.05) is 47.9 Å². The van der Waals surface area contributed by atoms with Crippen LogP contribution >= 0.6 is 12.2 Å². The molecule has 0 spiro atoms. The van der Waals surface area contributed by atoms with Gasteiger partial charge in [0.25, 0.3) is 5.91 Å². The smallest absolute Gasteiger partial charge is 0.311 e. The summed E-state index contributed by atoms with van der Waals surface area (Å²) in [5.74, 6) is -10.5. The van der Waals surface area contributed by atoms with E-state index in [1.54, 1.807) is 31.2 Å². The number of piperazine rings is 1. The van der Waals surface area contributed by atoms with Crippen molar-refractivity contribution >= 4 is 46.0 Å². The van der Waals surface area contributed by atoms with E-state index in [2.05, 4.69) is 10.6 Å². The van der Waals surface area contributed by atoms with Gasteiger partial charge in [-0.15, -0.1) is 0 Å². The average Bonchev–Trinajstić information content (AvgIpc) is 2.96. The van der Waals surface area contributed by atoms with Gasteiger partial charge in [-0.1, -0.05) is 0 Å². The number of nitro groups is 1. The zero-order valence-electron chi connectivity index (χ0n) is 21.3. The molecule has 216 valence electrons. The predicted molar refractivity (Wildman–Crippen MR) is 145 cm³/mol. The number of ether oxygens (including phenoxy) is 1. The molecule has 1 heterocycles. The Kier molecular flexibility index (Phi) is 8.86. The van der Waals surface area contributed by atoms with Crippen molar-refractivity contribution in [3.63, 3.8) is 0 Å². The summed E-state index contributed by atoms with van der Waals surface area (Å²) in [4.78, 5) is 26.2. The molecule has 15 heteroatoms. The Morgan fingerprint density at radius 1 is 0.927 bits per heavy atom. The van der Waals surface area contributed by atoms with Crippen LogP contribution in [0.1, 0.15) is 17.3 Å². The molecular formula is C26H22F5N5O4S. The number of hydrogen-bond acceptors (Lipinski definition) is 7. The van der Waals surface area contributed by atoms with E-state index >= 15 is 0 Å². The maximum atomic E-state index is 14.2. The summed E-state index contributed by atoms with van der Waals surface area (Å²) in [7, 11) is 0. The Morgan fingerprint density at radius 3 is 2.05 bits per heavy atom. The summed E-state index contributed by atoms with van der Waals surface area (Å²) < 4.78 is 74.1. The number of nitro benzene ring substituents is 1. The summed E-state index contributed by atoms with van der Waals surface area (Å²) >= 11 is 5.17. The van der Waals surface area contributed by atoms with Crippen LogP contribution in [0.3, 0.4) is 0 Å². The summed E-state index contributed by atoms with van der Waals surface area (Å²) in [6.07, 6.45) is 0. The first kappa shape index (κ1) is 29.5. The maximum Gasteiger partial charge on any atom is 0.311 e. The molecule has 2 N–H and O–H groups in total. The normalized spacial score (nSPS) is 13.1. The largest absolute Gasteiger partial charge is 0.487 e. The molecule has 1 amide bonds. The Morgan fingerprint density at radius 2 is 1.49 bits per heavy atom. The molecule has 0 aromatic heterocycles. The van der Waals surface area contributed by atoms with Crippen LogP contribution in [0.4, 0.5) is 44.7 Å². The molecule has 0 radical (unpaired) electrons. The third-order valence-electron chi connectivity index (χ3n) is 6.22. The van der Waals surface area contributed by atoms with Gasteiger partial charge in [0.2, 0.25) is 5.82 Å². The first-order valence-corrected chi connectivity index (χ1v) is 12.6. The first-order valence-electron chi connectivity index (χ1n) is 12.2. The molecule has 3 aromatic carbocycles. The molecule has 1 aliphatic rings. The summed E-state index contributed by atoms with van der Waals surface area (Å²) in [5.41, 5.74) is -0.0660. The molecule has 1 aliphatic heterocycles. The van der Waals surface area contributed by atoms with E-state index in [9.17, 15) is 36.9 Å². The number of carbonyl (C=O) groups is 1. The summed E-state index contributed by atoms with van der Waals surface area (Å²) in [6.45, 7) is 2.40. The number of halogens is 5. The highest BCUT2D eigenvalue weighted by atomic mass is 32.1. The number of thiocarbonyl (C=S) groups is 1. The van der Waals surface area contributed by atoms with Crippen molar-refractivity contribution in [3.05, 3.63) is 87.2 Å². The summed E-state index contributed by atoms with van der Waals surface area (Å²) in [6, 6.07) is 10.5. The fraction of sp³-hybridized carbons (Fsp3) is 0.231. The van der Waals surface area contributed by atoms with Gasteiger partial charge in [0.15, 0.2) is 34.1 Å².